The first kappa shape index (κ1) is 38.2. The minimum Gasteiger partial charge on any atom is -0.504 e. The molecule has 292 valence electrons. The number of fused-ring (bicyclic) bond motifs is 4. The number of rotatable bonds is 8. The minimum atomic E-state index is -4.75. The van der Waals surface area contributed by atoms with Gasteiger partial charge in [0.1, 0.15) is 0 Å². The SMILES string of the molecule is COc1cc(C=CC2C3=CCC4C(=O)N(Cc5ccccc5)C(=O)C4C3CC3C(=O)N(Nc4ncc(C(F)(F)F)cc4Cl)C(=O)C23c2ccc(Cl)cc2)ccc1O. The molecule has 1 saturated carbocycles. The van der Waals surface area contributed by atoms with Gasteiger partial charge in [-0.25, -0.2) is 4.98 Å². The number of nitrogens with zero attached hydrogens (tertiary/aromatic N) is 3. The van der Waals surface area contributed by atoms with E-state index in [1.54, 1.807) is 48.6 Å². The first-order valence-corrected chi connectivity index (χ1v) is 18.8. The summed E-state index contributed by atoms with van der Waals surface area (Å²) in [5.74, 6) is -6.64. The van der Waals surface area contributed by atoms with Crippen molar-refractivity contribution < 1.29 is 42.2 Å². The number of imide groups is 2. The molecule has 4 aromatic rings. The van der Waals surface area contributed by atoms with Gasteiger partial charge in [0.25, 0.3) is 11.8 Å². The van der Waals surface area contributed by atoms with E-state index in [1.807, 2.05) is 36.4 Å². The van der Waals surface area contributed by atoms with Gasteiger partial charge in [0.2, 0.25) is 11.8 Å². The first-order chi connectivity index (χ1) is 27.2. The Morgan fingerprint density at radius 2 is 1.70 bits per heavy atom. The minimum absolute atomic E-state index is 0.0118. The number of aromatic hydroxyl groups is 1. The van der Waals surface area contributed by atoms with Crippen LogP contribution in [0, 0.1) is 29.6 Å². The van der Waals surface area contributed by atoms with Crippen molar-refractivity contribution in [2.24, 2.45) is 29.6 Å². The lowest BCUT2D eigenvalue weighted by atomic mass is 9.50. The van der Waals surface area contributed by atoms with Gasteiger partial charge in [0.15, 0.2) is 17.3 Å². The van der Waals surface area contributed by atoms with Gasteiger partial charge >= 0.3 is 6.18 Å². The predicted molar refractivity (Wildman–Crippen MR) is 203 cm³/mol. The summed E-state index contributed by atoms with van der Waals surface area (Å²) in [5, 5.41) is 10.9. The zero-order valence-corrected chi connectivity index (χ0v) is 31.6. The van der Waals surface area contributed by atoms with Gasteiger partial charge in [0.05, 0.1) is 47.4 Å². The summed E-state index contributed by atoms with van der Waals surface area (Å²) in [4.78, 5) is 63.5. The van der Waals surface area contributed by atoms with Crippen LogP contribution in [0.1, 0.15) is 35.1 Å². The number of anilines is 1. The number of allylic oxidation sites excluding steroid dienone is 3. The zero-order chi connectivity index (χ0) is 40.4. The molecule has 4 amide bonds. The molecule has 1 aromatic heterocycles. The van der Waals surface area contributed by atoms with E-state index < -0.39 is 63.6 Å². The van der Waals surface area contributed by atoms with E-state index >= 15 is 4.79 Å². The number of pyridine rings is 1. The number of halogens is 5. The summed E-state index contributed by atoms with van der Waals surface area (Å²) in [5.41, 5.74) is 2.27. The second kappa shape index (κ2) is 14.4. The van der Waals surface area contributed by atoms with Gasteiger partial charge in [-0.2, -0.15) is 18.2 Å². The van der Waals surface area contributed by atoms with Crippen LogP contribution < -0.4 is 10.2 Å². The Bertz CT molecular complexity index is 2370. The fourth-order valence-electron chi connectivity index (χ4n) is 9.02. The van der Waals surface area contributed by atoms with Crippen molar-refractivity contribution in [1.29, 1.82) is 0 Å². The lowest BCUT2D eigenvalue weighted by Crippen LogP contribution is -2.54. The summed E-state index contributed by atoms with van der Waals surface area (Å²) in [6.45, 7) is 0.0771. The van der Waals surface area contributed by atoms with Crippen molar-refractivity contribution in [2.45, 2.75) is 31.0 Å². The Kier molecular flexibility index (Phi) is 9.64. The van der Waals surface area contributed by atoms with Crippen molar-refractivity contribution >= 4 is 58.7 Å². The van der Waals surface area contributed by atoms with Crippen LogP contribution in [0.2, 0.25) is 10.0 Å². The number of hydrazine groups is 1. The number of nitrogens with one attached hydrogen (secondary N) is 1. The molecule has 2 aliphatic heterocycles. The highest BCUT2D eigenvalue weighted by molar-refractivity contribution is 6.33. The van der Waals surface area contributed by atoms with Crippen LogP contribution in [-0.4, -0.2) is 50.7 Å². The summed E-state index contributed by atoms with van der Waals surface area (Å²) in [6, 6.07) is 20.9. The normalized spacial score (nSPS) is 25.7. The van der Waals surface area contributed by atoms with Crippen LogP contribution in [0.5, 0.6) is 11.5 Å². The third-order valence-electron chi connectivity index (χ3n) is 11.6. The van der Waals surface area contributed by atoms with E-state index in [1.165, 1.54) is 18.1 Å². The molecule has 6 atom stereocenters. The van der Waals surface area contributed by atoms with Crippen LogP contribution in [0.15, 0.2) is 103 Å². The number of likely N-dealkylation sites (tertiary alicyclic amines) is 1. The second-order valence-electron chi connectivity index (χ2n) is 14.5. The van der Waals surface area contributed by atoms with E-state index in [-0.39, 0.29) is 48.5 Å². The van der Waals surface area contributed by atoms with Crippen LogP contribution in [0.25, 0.3) is 6.08 Å². The Labute approximate surface area is 334 Å². The number of alkyl halides is 3. The number of amides is 4. The molecule has 2 aliphatic carbocycles. The number of ether oxygens (including phenoxy) is 1. The molecular weight excluding hydrogens is 784 g/mol. The molecule has 0 bridgehead atoms. The summed E-state index contributed by atoms with van der Waals surface area (Å²) in [7, 11) is 1.40. The van der Waals surface area contributed by atoms with Crippen LogP contribution >= 0.6 is 23.2 Å². The van der Waals surface area contributed by atoms with Crippen molar-refractivity contribution in [3.8, 4) is 11.5 Å². The van der Waals surface area contributed by atoms with Crippen LogP contribution in [0.4, 0.5) is 19.0 Å². The number of methoxy groups -OCH3 is 1. The summed E-state index contributed by atoms with van der Waals surface area (Å²) in [6.07, 6.45) is 1.38. The molecular formula is C42H33Cl2F3N4O6. The number of phenols is 1. The summed E-state index contributed by atoms with van der Waals surface area (Å²) >= 11 is 12.6. The molecule has 15 heteroatoms. The standard InChI is InChI=1S/C42H33Cl2F3N4O6/c1-57-34-17-22(8-16-33(34)52)7-15-30-27-13-14-28-35(39(55)50(37(28)53)21-23-5-3-2-4-6-23)29(27)19-31-38(54)51(40(56)41(30,31)24-9-11-26(43)12-10-24)49-36-32(44)18-25(20-48-36)42(45,46)47/h2-13,15-18,20,28-31,35,52H,14,19,21H2,1H3,(H,48,49). The van der Waals surface area contributed by atoms with Crippen molar-refractivity contribution in [1.82, 2.24) is 14.9 Å². The number of phenolic OH excluding ortho intramolecular Hbond substituents is 1. The Hall–Kier alpha value is -5.66. The van der Waals surface area contributed by atoms with E-state index in [2.05, 4.69) is 10.4 Å². The smallest absolute Gasteiger partial charge is 0.417 e. The molecule has 3 fully saturated rings. The van der Waals surface area contributed by atoms with Crippen molar-refractivity contribution in [3.05, 3.63) is 135 Å². The molecule has 3 aromatic carbocycles. The third kappa shape index (κ3) is 6.33. The maximum Gasteiger partial charge on any atom is 0.417 e. The van der Waals surface area contributed by atoms with E-state index in [0.717, 1.165) is 10.6 Å². The van der Waals surface area contributed by atoms with Crippen LogP contribution in [-0.2, 0) is 37.3 Å². The average Bonchev–Trinajstić information content (AvgIpc) is 3.56. The first-order valence-electron chi connectivity index (χ1n) is 18.0. The predicted octanol–water partition coefficient (Wildman–Crippen LogP) is 7.85. The Morgan fingerprint density at radius 1 is 0.965 bits per heavy atom. The molecule has 0 radical (unpaired) electrons. The Morgan fingerprint density at radius 3 is 2.39 bits per heavy atom. The highest BCUT2D eigenvalue weighted by Crippen LogP contribution is 2.61. The van der Waals surface area contributed by atoms with Gasteiger partial charge in [0, 0.05) is 17.1 Å². The maximum absolute atomic E-state index is 15.3. The lowest BCUT2D eigenvalue weighted by Gasteiger charge is -2.49. The maximum atomic E-state index is 15.3. The molecule has 57 heavy (non-hydrogen) atoms. The number of aromatic nitrogens is 1. The summed E-state index contributed by atoms with van der Waals surface area (Å²) < 4.78 is 45.8. The number of benzene rings is 3. The zero-order valence-electron chi connectivity index (χ0n) is 30.0. The van der Waals surface area contributed by atoms with Crippen molar-refractivity contribution in [3.63, 3.8) is 0 Å². The molecule has 4 aliphatic rings. The van der Waals surface area contributed by atoms with Crippen LogP contribution in [0.3, 0.4) is 0 Å². The average molecular weight is 818 g/mol. The lowest BCUT2D eigenvalue weighted by molar-refractivity contribution is -0.142. The highest BCUT2D eigenvalue weighted by Gasteiger charge is 2.69. The van der Waals surface area contributed by atoms with E-state index in [9.17, 15) is 32.7 Å². The molecule has 0 spiro atoms. The highest BCUT2D eigenvalue weighted by atomic mass is 35.5. The van der Waals surface area contributed by atoms with E-state index in [4.69, 9.17) is 27.9 Å². The number of carbonyl (C=O) groups is 4. The molecule has 6 unspecified atom stereocenters. The Balaban J connectivity index is 1.27. The number of carbonyl (C=O) groups excluding carboxylic acids is 4. The van der Waals surface area contributed by atoms with Gasteiger partial charge < -0.3 is 9.84 Å². The number of hydrogen-bond acceptors (Lipinski definition) is 8. The van der Waals surface area contributed by atoms with Gasteiger partial charge in [-0.3, -0.25) is 29.5 Å². The molecule has 2 N–H and O–H groups in total. The second-order valence-corrected chi connectivity index (χ2v) is 15.3. The molecule has 8 rings (SSSR count). The quantitative estimate of drug-likeness (QED) is 0.136. The monoisotopic (exact) mass is 816 g/mol. The topological polar surface area (TPSA) is 129 Å². The van der Waals surface area contributed by atoms with E-state index in [0.29, 0.717) is 34.0 Å². The molecule has 2 saturated heterocycles. The van der Waals surface area contributed by atoms with Gasteiger partial charge in [-0.1, -0.05) is 95.5 Å². The van der Waals surface area contributed by atoms with Gasteiger partial charge in [-0.15, -0.1) is 0 Å². The molecule has 10 nitrogen and oxygen atoms in total. The fraction of sp³-hybridized carbons (Fsp3) is 0.262. The third-order valence-corrected chi connectivity index (χ3v) is 12.1. The van der Waals surface area contributed by atoms with Gasteiger partial charge in [-0.05, 0) is 65.8 Å². The fourth-order valence-corrected chi connectivity index (χ4v) is 9.36. The number of hydrogen-bond donors (Lipinski definition) is 2. The largest absolute Gasteiger partial charge is 0.504 e. The molecule has 3 heterocycles. The van der Waals surface area contributed by atoms with Crippen molar-refractivity contribution in [2.75, 3.05) is 12.5 Å².